The van der Waals surface area contributed by atoms with Gasteiger partial charge < -0.3 is 11.1 Å². The second kappa shape index (κ2) is 6.22. The number of rotatable bonds is 3. The van der Waals surface area contributed by atoms with E-state index in [9.17, 15) is 0 Å². The van der Waals surface area contributed by atoms with Crippen molar-refractivity contribution in [1.29, 1.82) is 0 Å². The molecule has 0 atom stereocenters. The Morgan fingerprint density at radius 2 is 2.14 bits per heavy atom. The minimum absolute atomic E-state index is 0.457. The molecule has 0 aliphatic heterocycles. The lowest BCUT2D eigenvalue weighted by Gasteiger charge is -2.19. The minimum atomic E-state index is 0.457. The summed E-state index contributed by atoms with van der Waals surface area (Å²) in [4.78, 5) is 4.46. The number of nitrogens with one attached hydrogen (secondary N) is 2. The number of hydrogen-bond acceptors (Lipinski definition) is 2. The maximum Gasteiger partial charge on any atom is 0.193 e. The van der Waals surface area contributed by atoms with Crippen LogP contribution >= 0.6 is 0 Å². The predicted molar refractivity (Wildman–Crippen MR) is 90.1 cm³/mol. The first-order valence-electron chi connectivity index (χ1n) is 7.83. The number of anilines is 1. The maximum atomic E-state index is 6.06. The van der Waals surface area contributed by atoms with Crippen molar-refractivity contribution in [3.8, 4) is 0 Å². The Bertz CT molecular complexity index is 680. The number of aryl methyl sites for hydroxylation is 3. The largest absolute Gasteiger partial charge is 0.370 e. The van der Waals surface area contributed by atoms with Gasteiger partial charge in [0, 0.05) is 16.9 Å². The number of nitrogens with two attached hydrogens (primary N) is 1. The van der Waals surface area contributed by atoms with Gasteiger partial charge >= 0.3 is 0 Å². The molecule has 1 aromatic carbocycles. The van der Waals surface area contributed by atoms with Crippen molar-refractivity contribution in [2.75, 3.05) is 5.32 Å². The molecule has 0 spiro atoms. The zero-order valence-electron chi connectivity index (χ0n) is 13.2. The first-order valence-corrected chi connectivity index (χ1v) is 7.83. The molecule has 0 fully saturated rings. The molecule has 0 amide bonds. The molecular formula is C17H23N5. The quantitative estimate of drug-likeness (QED) is 0.602. The fraction of sp³-hybridized carbons (Fsp3) is 0.412. The summed E-state index contributed by atoms with van der Waals surface area (Å²) in [5, 5.41) is 10.4. The normalized spacial score (nSPS) is 14.7. The van der Waals surface area contributed by atoms with Gasteiger partial charge in [0.2, 0.25) is 0 Å². The van der Waals surface area contributed by atoms with Crippen LogP contribution in [0.25, 0.3) is 0 Å². The highest BCUT2D eigenvalue weighted by Crippen LogP contribution is 2.27. The summed E-state index contributed by atoms with van der Waals surface area (Å²) in [5.41, 5.74) is 13.1. The van der Waals surface area contributed by atoms with Gasteiger partial charge in [-0.3, -0.25) is 5.10 Å². The molecule has 0 unspecified atom stereocenters. The number of nitrogens with zero attached hydrogens (tertiary/aromatic N) is 2. The van der Waals surface area contributed by atoms with E-state index in [1.807, 2.05) is 13.8 Å². The molecule has 1 aliphatic carbocycles. The number of H-pyrrole nitrogens is 1. The fourth-order valence-corrected chi connectivity index (χ4v) is 3.05. The van der Waals surface area contributed by atoms with Crippen LogP contribution in [0.1, 0.15) is 40.9 Å². The van der Waals surface area contributed by atoms with E-state index in [4.69, 9.17) is 5.73 Å². The van der Waals surface area contributed by atoms with Gasteiger partial charge in [-0.1, -0.05) is 12.1 Å². The third-order valence-corrected chi connectivity index (χ3v) is 4.35. The molecule has 3 rings (SSSR count). The standard InChI is InChI=1S/C17H23N5/c1-11-15(12(2)22-21-11)10-19-17(18)20-16-9-5-7-13-6-3-4-8-14(13)16/h5,7,9H,3-4,6,8,10H2,1-2H3,(H,21,22)(H3,18,19,20). The SMILES string of the molecule is Cc1n[nH]c(C)c1CN=C(N)Nc1cccc2c1CCCC2. The summed E-state index contributed by atoms with van der Waals surface area (Å²) in [6, 6.07) is 6.39. The van der Waals surface area contributed by atoms with Gasteiger partial charge in [-0.25, -0.2) is 4.99 Å². The van der Waals surface area contributed by atoms with Crippen molar-refractivity contribution in [3.05, 3.63) is 46.3 Å². The van der Waals surface area contributed by atoms with Gasteiger partial charge in [0.15, 0.2) is 5.96 Å². The lowest BCUT2D eigenvalue weighted by molar-refractivity contribution is 0.687. The van der Waals surface area contributed by atoms with Crippen molar-refractivity contribution in [1.82, 2.24) is 10.2 Å². The van der Waals surface area contributed by atoms with Crippen molar-refractivity contribution in [3.63, 3.8) is 0 Å². The number of benzene rings is 1. The first-order chi connectivity index (χ1) is 10.6. The van der Waals surface area contributed by atoms with E-state index in [2.05, 4.69) is 38.7 Å². The summed E-state index contributed by atoms with van der Waals surface area (Å²) in [5.74, 6) is 0.457. The van der Waals surface area contributed by atoms with Crippen molar-refractivity contribution >= 4 is 11.6 Å². The molecule has 22 heavy (non-hydrogen) atoms. The number of hydrogen-bond donors (Lipinski definition) is 3. The van der Waals surface area contributed by atoms with Gasteiger partial charge in [0.05, 0.1) is 12.2 Å². The molecule has 2 aromatic rings. The molecule has 116 valence electrons. The zero-order valence-corrected chi connectivity index (χ0v) is 13.2. The Hall–Kier alpha value is -2.30. The molecule has 1 aromatic heterocycles. The molecular weight excluding hydrogens is 274 g/mol. The van der Waals surface area contributed by atoms with Crippen molar-refractivity contribution < 1.29 is 0 Å². The Balaban J connectivity index is 1.74. The number of fused-ring (bicyclic) bond motifs is 1. The van der Waals surface area contributed by atoms with Gasteiger partial charge in [-0.2, -0.15) is 5.10 Å². The van der Waals surface area contributed by atoms with E-state index < -0.39 is 0 Å². The summed E-state index contributed by atoms with van der Waals surface area (Å²) in [6.45, 7) is 4.52. The van der Waals surface area contributed by atoms with Crippen LogP contribution in [0.2, 0.25) is 0 Å². The van der Waals surface area contributed by atoms with Crippen LogP contribution in [0.3, 0.4) is 0 Å². The van der Waals surface area contributed by atoms with E-state index in [0.29, 0.717) is 12.5 Å². The smallest absolute Gasteiger partial charge is 0.193 e. The molecule has 0 radical (unpaired) electrons. The maximum absolute atomic E-state index is 6.06. The Morgan fingerprint density at radius 3 is 2.91 bits per heavy atom. The number of guanidine groups is 1. The van der Waals surface area contributed by atoms with Crippen LogP contribution in [0.15, 0.2) is 23.2 Å². The molecule has 5 nitrogen and oxygen atoms in total. The average Bonchev–Trinajstić information content (AvgIpc) is 2.84. The molecule has 1 aliphatic rings. The second-order valence-electron chi connectivity index (χ2n) is 5.89. The monoisotopic (exact) mass is 297 g/mol. The third-order valence-electron chi connectivity index (χ3n) is 4.35. The van der Waals surface area contributed by atoms with Crippen LogP contribution in [-0.2, 0) is 19.4 Å². The Labute approximate surface area is 131 Å². The van der Waals surface area contributed by atoms with E-state index >= 15 is 0 Å². The van der Waals surface area contributed by atoms with Gasteiger partial charge in [0.1, 0.15) is 0 Å². The minimum Gasteiger partial charge on any atom is -0.370 e. The van der Waals surface area contributed by atoms with E-state index in [-0.39, 0.29) is 0 Å². The highest BCUT2D eigenvalue weighted by Gasteiger charge is 2.13. The fourth-order valence-electron chi connectivity index (χ4n) is 3.05. The second-order valence-corrected chi connectivity index (χ2v) is 5.89. The van der Waals surface area contributed by atoms with Crippen LogP contribution in [-0.4, -0.2) is 16.2 Å². The third kappa shape index (κ3) is 2.98. The molecule has 0 saturated heterocycles. The molecule has 0 saturated carbocycles. The van der Waals surface area contributed by atoms with Crippen LogP contribution in [0, 0.1) is 13.8 Å². The first kappa shape index (κ1) is 14.6. The molecule has 0 bridgehead atoms. The molecule has 1 heterocycles. The van der Waals surface area contributed by atoms with Gasteiger partial charge in [-0.15, -0.1) is 0 Å². The summed E-state index contributed by atoms with van der Waals surface area (Å²) >= 11 is 0. The lowest BCUT2D eigenvalue weighted by Crippen LogP contribution is -2.24. The van der Waals surface area contributed by atoms with Crippen LogP contribution < -0.4 is 11.1 Å². The highest BCUT2D eigenvalue weighted by atomic mass is 15.1. The molecule has 5 heteroatoms. The Kier molecular flexibility index (Phi) is 4.13. The van der Waals surface area contributed by atoms with Gasteiger partial charge in [0.25, 0.3) is 0 Å². The summed E-state index contributed by atoms with van der Waals surface area (Å²) < 4.78 is 0. The van der Waals surface area contributed by atoms with Crippen LogP contribution in [0.4, 0.5) is 5.69 Å². The number of aliphatic imine (C=N–C) groups is 1. The topological polar surface area (TPSA) is 79.1 Å². The zero-order chi connectivity index (χ0) is 15.5. The van der Waals surface area contributed by atoms with E-state index in [1.54, 1.807) is 0 Å². The predicted octanol–water partition coefficient (Wildman–Crippen LogP) is 2.83. The average molecular weight is 297 g/mol. The lowest BCUT2D eigenvalue weighted by atomic mass is 9.90. The Morgan fingerprint density at radius 1 is 1.32 bits per heavy atom. The highest BCUT2D eigenvalue weighted by molar-refractivity contribution is 5.93. The van der Waals surface area contributed by atoms with Crippen molar-refractivity contribution in [2.24, 2.45) is 10.7 Å². The van der Waals surface area contributed by atoms with E-state index in [0.717, 1.165) is 35.5 Å². The number of aromatic nitrogens is 2. The van der Waals surface area contributed by atoms with E-state index in [1.165, 1.54) is 24.0 Å². The number of aromatic amines is 1. The van der Waals surface area contributed by atoms with Gasteiger partial charge in [-0.05, 0) is 56.7 Å². The van der Waals surface area contributed by atoms with Crippen LogP contribution in [0.5, 0.6) is 0 Å². The van der Waals surface area contributed by atoms with Crippen molar-refractivity contribution in [2.45, 2.75) is 46.1 Å². The summed E-state index contributed by atoms with van der Waals surface area (Å²) in [6.07, 6.45) is 4.80. The molecule has 4 N–H and O–H groups in total. The summed E-state index contributed by atoms with van der Waals surface area (Å²) in [7, 11) is 0.